The van der Waals surface area contributed by atoms with E-state index in [2.05, 4.69) is 16.0 Å². The van der Waals surface area contributed by atoms with E-state index in [4.69, 9.17) is 0 Å². The van der Waals surface area contributed by atoms with Gasteiger partial charge in [0.1, 0.15) is 0 Å². The third-order valence-electron chi connectivity index (χ3n) is 1.07. The highest BCUT2D eigenvalue weighted by atomic mass is 16.2. The maximum Gasteiger partial charge on any atom is 0.314 e. The quantitative estimate of drug-likeness (QED) is 0.616. The Labute approximate surface area is 81.5 Å². The molecule has 0 saturated carbocycles. The van der Waals surface area contributed by atoms with Gasteiger partial charge in [0, 0.05) is 13.1 Å². The minimum absolute atomic E-state index is 0.0521. The van der Waals surface area contributed by atoms with E-state index in [0.717, 1.165) is 25.9 Å². The molecule has 0 aliphatic heterocycles. The zero-order valence-electron chi connectivity index (χ0n) is 9.24. The molecule has 0 aromatic carbocycles. The van der Waals surface area contributed by atoms with E-state index >= 15 is 0 Å². The molecule has 2 amide bonds. The van der Waals surface area contributed by atoms with Crippen molar-refractivity contribution in [1.29, 1.82) is 0 Å². The molecule has 0 heterocycles. The topological polar surface area (TPSA) is 53.2 Å². The Hall–Kier alpha value is -0.770. The van der Waals surface area contributed by atoms with Gasteiger partial charge in [0.25, 0.3) is 0 Å². The number of nitrogens with one attached hydrogen (secondary N) is 3. The number of rotatable bonds is 4. The third-order valence-corrected chi connectivity index (χ3v) is 1.07. The van der Waals surface area contributed by atoms with Gasteiger partial charge >= 0.3 is 6.03 Å². The van der Waals surface area contributed by atoms with Crippen molar-refractivity contribution < 1.29 is 4.79 Å². The van der Waals surface area contributed by atoms with Crippen LogP contribution in [-0.4, -0.2) is 33.2 Å². The first-order valence-electron chi connectivity index (χ1n) is 4.83. The average Bonchev–Trinajstić information content (AvgIpc) is 2.12. The Kier molecular flexibility index (Phi) is 15.6. The highest BCUT2D eigenvalue weighted by Crippen LogP contribution is 1.72. The maximum absolute atomic E-state index is 10.7. The predicted octanol–water partition coefficient (Wildman–Crippen LogP) is 0.941. The molecule has 0 radical (unpaired) electrons. The summed E-state index contributed by atoms with van der Waals surface area (Å²) in [6.45, 7) is 5.57. The molecule has 0 unspecified atom stereocenters. The van der Waals surface area contributed by atoms with Crippen LogP contribution >= 0.6 is 0 Å². The first-order valence-corrected chi connectivity index (χ1v) is 4.83. The first-order chi connectivity index (χ1) is 6.22. The van der Waals surface area contributed by atoms with Crippen LogP contribution in [0.4, 0.5) is 4.79 Å². The van der Waals surface area contributed by atoms with Crippen LogP contribution in [0.1, 0.15) is 26.7 Å². The molecule has 0 bridgehead atoms. The number of carbonyl (C=O) groups excluding carboxylic acids is 1. The average molecular weight is 189 g/mol. The highest BCUT2D eigenvalue weighted by Gasteiger charge is 1.93. The van der Waals surface area contributed by atoms with E-state index in [0.29, 0.717) is 0 Å². The zero-order chi connectivity index (χ0) is 10.5. The molecular formula is C9H23N3O. The van der Waals surface area contributed by atoms with Crippen LogP contribution in [0, 0.1) is 0 Å². The van der Waals surface area contributed by atoms with Crippen molar-refractivity contribution in [3.8, 4) is 0 Å². The van der Waals surface area contributed by atoms with Crippen LogP contribution in [0.25, 0.3) is 0 Å². The van der Waals surface area contributed by atoms with Gasteiger partial charge in [-0.3, -0.25) is 0 Å². The Bertz CT molecular complexity index is 97.0. The fourth-order valence-electron chi connectivity index (χ4n) is 0.540. The fraction of sp³-hybridized carbons (Fsp3) is 0.889. The second-order valence-corrected chi connectivity index (χ2v) is 2.68. The van der Waals surface area contributed by atoms with E-state index in [9.17, 15) is 4.79 Å². The molecule has 0 atom stereocenters. The minimum Gasteiger partial charge on any atom is -0.338 e. The summed E-state index contributed by atoms with van der Waals surface area (Å²) in [5, 5.41) is 8.18. The maximum atomic E-state index is 10.7. The van der Waals surface area contributed by atoms with E-state index in [1.807, 2.05) is 27.9 Å². The third kappa shape index (κ3) is 18.3. The van der Waals surface area contributed by atoms with Gasteiger partial charge in [-0.15, -0.1) is 0 Å². The van der Waals surface area contributed by atoms with Crippen LogP contribution in [0.3, 0.4) is 0 Å². The lowest BCUT2D eigenvalue weighted by molar-refractivity contribution is 0.241. The molecule has 0 rings (SSSR count). The molecule has 0 aromatic rings. The number of urea groups is 1. The van der Waals surface area contributed by atoms with E-state index in [-0.39, 0.29) is 6.03 Å². The second-order valence-electron chi connectivity index (χ2n) is 2.68. The number of hydrogen-bond donors (Lipinski definition) is 3. The fourth-order valence-corrected chi connectivity index (χ4v) is 0.540. The molecule has 4 nitrogen and oxygen atoms in total. The van der Waals surface area contributed by atoms with Crippen LogP contribution in [0.2, 0.25) is 0 Å². The summed E-state index contributed by atoms with van der Waals surface area (Å²) < 4.78 is 0. The summed E-state index contributed by atoms with van der Waals surface area (Å²) in [4.78, 5) is 10.7. The standard InChI is InChI=1S/C7H16N2O.C2H7N/c1-3-5-8-7(10)9-6-4-2;1-3-2/h3-6H2,1-2H3,(H2,8,9,10);3H,1-2H3. The Morgan fingerprint density at radius 3 is 1.54 bits per heavy atom. The summed E-state index contributed by atoms with van der Waals surface area (Å²) in [7, 11) is 3.75. The minimum atomic E-state index is -0.0521. The molecule has 4 heteroatoms. The van der Waals surface area contributed by atoms with Gasteiger partial charge in [0.2, 0.25) is 0 Å². The van der Waals surface area contributed by atoms with Crippen molar-refractivity contribution in [1.82, 2.24) is 16.0 Å². The largest absolute Gasteiger partial charge is 0.338 e. The number of carbonyl (C=O) groups is 1. The Balaban J connectivity index is 0. The van der Waals surface area contributed by atoms with Crippen LogP contribution in [0.5, 0.6) is 0 Å². The van der Waals surface area contributed by atoms with Crippen molar-refractivity contribution >= 4 is 6.03 Å². The van der Waals surface area contributed by atoms with Gasteiger partial charge in [0.15, 0.2) is 0 Å². The summed E-state index contributed by atoms with van der Waals surface area (Å²) >= 11 is 0. The van der Waals surface area contributed by atoms with Gasteiger partial charge < -0.3 is 16.0 Å². The highest BCUT2D eigenvalue weighted by molar-refractivity contribution is 5.73. The van der Waals surface area contributed by atoms with Crippen LogP contribution in [0.15, 0.2) is 0 Å². The Morgan fingerprint density at radius 1 is 1.00 bits per heavy atom. The SMILES string of the molecule is CCCNC(=O)NCCC.CNC. The van der Waals surface area contributed by atoms with Gasteiger partial charge in [-0.05, 0) is 26.9 Å². The smallest absolute Gasteiger partial charge is 0.314 e. The molecule has 0 aliphatic rings. The van der Waals surface area contributed by atoms with Crippen molar-refractivity contribution in [3.05, 3.63) is 0 Å². The van der Waals surface area contributed by atoms with Crippen molar-refractivity contribution in [2.24, 2.45) is 0 Å². The molecule has 13 heavy (non-hydrogen) atoms. The van der Waals surface area contributed by atoms with Crippen molar-refractivity contribution in [3.63, 3.8) is 0 Å². The summed E-state index contributed by atoms with van der Waals surface area (Å²) in [6.07, 6.45) is 1.97. The van der Waals surface area contributed by atoms with Gasteiger partial charge in [-0.1, -0.05) is 13.8 Å². The molecule has 0 fully saturated rings. The number of amides is 2. The lowest BCUT2D eigenvalue weighted by Gasteiger charge is -2.03. The monoisotopic (exact) mass is 189 g/mol. The van der Waals surface area contributed by atoms with Crippen LogP contribution in [-0.2, 0) is 0 Å². The molecule has 0 saturated heterocycles. The van der Waals surface area contributed by atoms with Crippen molar-refractivity contribution in [2.75, 3.05) is 27.2 Å². The number of hydrogen-bond acceptors (Lipinski definition) is 2. The van der Waals surface area contributed by atoms with E-state index in [1.54, 1.807) is 0 Å². The normalized spacial score (nSPS) is 8.31. The molecule has 0 spiro atoms. The first kappa shape index (κ1) is 14.7. The van der Waals surface area contributed by atoms with Crippen LogP contribution < -0.4 is 16.0 Å². The van der Waals surface area contributed by atoms with Gasteiger partial charge in [-0.2, -0.15) is 0 Å². The van der Waals surface area contributed by atoms with E-state index < -0.39 is 0 Å². The molecule has 0 aromatic heterocycles. The molecule has 0 aliphatic carbocycles. The Morgan fingerprint density at radius 2 is 1.31 bits per heavy atom. The molecule has 80 valence electrons. The lowest BCUT2D eigenvalue weighted by atomic mass is 10.5. The molecular weight excluding hydrogens is 166 g/mol. The predicted molar refractivity (Wildman–Crippen MR) is 57.0 cm³/mol. The lowest BCUT2D eigenvalue weighted by Crippen LogP contribution is -2.36. The summed E-state index contributed by atoms with van der Waals surface area (Å²) in [5.41, 5.74) is 0. The summed E-state index contributed by atoms with van der Waals surface area (Å²) in [6, 6.07) is -0.0521. The molecule has 3 N–H and O–H groups in total. The summed E-state index contributed by atoms with van der Waals surface area (Å²) in [5.74, 6) is 0. The van der Waals surface area contributed by atoms with Gasteiger partial charge in [0.05, 0.1) is 0 Å². The van der Waals surface area contributed by atoms with Gasteiger partial charge in [-0.25, -0.2) is 4.79 Å². The second kappa shape index (κ2) is 13.8. The van der Waals surface area contributed by atoms with E-state index in [1.165, 1.54) is 0 Å². The zero-order valence-corrected chi connectivity index (χ0v) is 9.24. The van der Waals surface area contributed by atoms with Crippen molar-refractivity contribution in [2.45, 2.75) is 26.7 Å².